The second kappa shape index (κ2) is 10.6. The van der Waals surface area contributed by atoms with Gasteiger partial charge in [0, 0.05) is 5.69 Å². The second-order valence-corrected chi connectivity index (χ2v) is 6.48. The maximum absolute atomic E-state index is 12.5. The number of nitrogens with one attached hydrogen (secondary N) is 3. The summed E-state index contributed by atoms with van der Waals surface area (Å²) in [5.74, 6) is -0.543. The molecule has 8 heteroatoms. The molecule has 3 aromatic rings. The van der Waals surface area contributed by atoms with Crippen molar-refractivity contribution in [2.75, 3.05) is 23.8 Å². The summed E-state index contributed by atoms with van der Waals surface area (Å²) in [5.41, 5.74) is 1.54. The van der Waals surface area contributed by atoms with E-state index in [1.807, 2.05) is 0 Å². The smallest absolute Gasteiger partial charge is 0.340 e. The molecule has 0 aliphatic carbocycles. The molecule has 0 radical (unpaired) electrons. The lowest BCUT2D eigenvalue weighted by Gasteiger charge is -2.13. The summed E-state index contributed by atoms with van der Waals surface area (Å²) in [7, 11) is 0. The van der Waals surface area contributed by atoms with Gasteiger partial charge in [0.25, 0.3) is 5.91 Å². The minimum atomic E-state index is -0.509. The van der Waals surface area contributed by atoms with Crippen LogP contribution in [-0.2, 0) is 16.1 Å². The molecule has 0 bridgehead atoms. The number of hydrogen-bond donors (Lipinski definition) is 3. The first-order valence-electron chi connectivity index (χ1n) is 9.78. The van der Waals surface area contributed by atoms with Crippen LogP contribution in [0.4, 0.5) is 11.4 Å². The van der Waals surface area contributed by atoms with Gasteiger partial charge in [0.15, 0.2) is 0 Å². The third kappa shape index (κ3) is 5.96. The number of carbonyl (C=O) groups is 3. The van der Waals surface area contributed by atoms with E-state index in [-0.39, 0.29) is 37.1 Å². The van der Waals surface area contributed by atoms with Gasteiger partial charge in [-0.15, -0.1) is 0 Å². The average molecular weight is 421 g/mol. The van der Waals surface area contributed by atoms with Crippen LogP contribution in [0.3, 0.4) is 0 Å². The van der Waals surface area contributed by atoms with Gasteiger partial charge < -0.3 is 25.1 Å². The Balaban J connectivity index is 1.61. The number of furan rings is 1. The van der Waals surface area contributed by atoms with Crippen molar-refractivity contribution in [3.05, 3.63) is 83.8 Å². The number of para-hydroxylation sites is 2. The zero-order valence-corrected chi connectivity index (χ0v) is 17.0. The van der Waals surface area contributed by atoms with Crippen molar-refractivity contribution >= 4 is 29.2 Å². The molecule has 2 aromatic carbocycles. The highest BCUT2D eigenvalue weighted by atomic mass is 16.5. The number of esters is 1. The van der Waals surface area contributed by atoms with Crippen LogP contribution in [0.25, 0.3) is 0 Å². The quantitative estimate of drug-likeness (QED) is 0.457. The maximum Gasteiger partial charge on any atom is 0.340 e. The molecule has 2 amide bonds. The van der Waals surface area contributed by atoms with Crippen molar-refractivity contribution in [1.29, 1.82) is 0 Å². The molecule has 0 saturated carbocycles. The highest BCUT2D eigenvalue weighted by Gasteiger charge is 2.15. The number of rotatable bonds is 9. The lowest BCUT2D eigenvalue weighted by atomic mass is 10.1. The largest absolute Gasteiger partial charge is 0.467 e. The number of benzene rings is 2. The molecular weight excluding hydrogens is 398 g/mol. The van der Waals surface area contributed by atoms with Crippen molar-refractivity contribution in [3.63, 3.8) is 0 Å². The van der Waals surface area contributed by atoms with Crippen LogP contribution < -0.4 is 16.0 Å². The molecule has 8 nitrogen and oxygen atoms in total. The first kappa shape index (κ1) is 21.6. The normalized spacial score (nSPS) is 10.2. The molecule has 0 aliphatic rings. The van der Waals surface area contributed by atoms with E-state index in [9.17, 15) is 14.4 Å². The van der Waals surface area contributed by atoms with Gasteiger partial charge in [-0.2, -0.15) is 0 Å². The molecule has 1 heterocycles. The van der Waals surface area contributed by atoms with Gasteiger partial charge in [-0.1, -0.05) is 24.3 Å². The van der Waals surface area contributed by atoms with Crippen LogP contribution in [0, 0.1) is 0 Å². The Kier molecular flexibility index (Phi) is 7.42. The lowest BCUT2D eigenvalue weighted by Crippen LogP contribution is -2.26. The van der Waals surface area contributed by atoms with Gasteiger partial charge in [0.2, 0.25) is 5.91 Å². The van der Waals surface area contributed by atoms with Gasteiger partial charge in [-0.25, -0.2) is 4.79 Å². The summed E-state index contributed by atoms with van der Waals surface area (Å²) in [6.45, 7) is 2.11. The predicted molar refractivity (Wildman–Crippen MR) is 116 cm³/mol. The van der Waals surface area contributed by atoms with Crippen molar-refractivity contribution < 1.29 is 23.5 Å². The van der Waals surface area contributed by atoms with Gasteiger partial charge in [0.05, 0.1) is 42.8 Å². The first-order valence-corrected chi connectivity index (χ1v) is 9.78. The molecule has 1 aromatic heterocycles. The highest BCUT2D eigenvalue weighted by molar-refractivity contribution is 6.03. The highest BCUT2D eigenvalue weighted by Crippen LogP contribution is 2.17. The molecule has 31 heavy (non-hydrogen) atoms. The summed E-state index contributed by atoms with van der Waals surface area (Å²) < 4.78 is 10.2. The van der Waals surface area contributed by atoms with Crippen LogP contribution in [-0.4, -0.2) is 30.9 Å². The second-order valence-electron chi connectivity index (χ2n) is 6.48. The van der Waals surface area contributed by atoms with E-state index in [0.717, 1.165) is 0 Å². The number of amides is 2. The number of anilines is 2. The standard InChI is InChI=1S/C23H23N3O5/c1-2-30-23(29)18-10-4-6-12-20(18)26-21(27)15-24-19-11-5-3-9-17(19)22(28)25-14-16-8-7-13-31-16/h3-13,24H,2,14-15H2,1H3,(H,25,28)(H,26,27). The van der Waals surface area contributed by atoms with Crippen LogP contribution in [0.1, 0.15) is 33.4 Å². The molecule has 0 fully saturated rings. The zero-order valence-electron chi connectivity index (χ0n) is 17.0. The predicted octanol–water partition coefficient (Wildman–Crippen LogP) is 3.44. The first-order chi connectivity index (χ1) is 15.1. The molecule has 3 N–H and O–H groups in total. The third-order valence-corrected chi connectivity index (χ3v) is 4.31. The van der Waals surface area contributed by atoms with Gasteiger partial charge in [-0.3, -0.25) is 9.59 Å². The van der Waals surface area contributed by atoms with E-state index in [1.165, 1.54) is 6.26 Å². The Labute approximate surface area is 179 Å². The van der Waals surface area contributed by atoms with Gasteiger partial charge in [-0.05, 0) is 43.3 Å². The van der Waals surface area contributed by atoms with Crippen molar-refractivity contribution in [3.8, 4) is 0 Å². The lowest BCUT2D eigenvalue weighted by molar-refractivity contribution is -0.114. The molecule has 0 aliphatic heterocycles. The number of hydrogen-bond acceptors (Lipinski definition) is 6. The Morgan fingerprint density at radius 2 is 1.61 bits per heavy atom. The Hall–Kier alpha value is -4.07. The van der Waals surface area contributed by atoms with Crippen molar-refractivity contribution in [2.45, 2.75) is 13.5 Å². The Morgan fingerprint density at radius 1 is 0.903 bits per heavy atom. The molecule has 3 rings (SSSR count). The van der Waals surface area contributed by atoms with E-state index in [1.54, 1.807) is 67.6 Å². The van der Waals surface area contributed by atoms with E-state index >= 15 is 0 Å². The monoisotopic (exact) mass is 421 g/mol. The Bertz CT molecular complexity index is 1050. The van der Waals surface area contributed by atoms with Crippen LogP contribution in [0.2, 0.25) is 0 Å². The number of carbonyl (C=O) groups excluding carboxylic acids is 3. The van der Waals surface area contributed by atoms with Crippen molar-refractivity contribution in [1.82, 2.24) is 5.32 Å². The van der Waals surface area contributed by atoms with E-state index in [0.29, 0.717) is 22.7 Å². The van der Waals surface area contributed by atoms with E-state index in [2.05, 4.69) is 16.0 Å². The fraction of sp³-hybridized carbons (Fsp3) is 0.174. The van der Waals surface area contributed by atoms with E-state index in [4.69, 9.17) is 9.15 Å². The summed E-state index contributed by atoms with van der Waals surface area (Å²) >= 11 is 0. The summed E-state index contributed by atoms with van der Waals surface area (Å²) in [4.78, 5) is 37.0. The summed E-state index contributed by atoms with van der Waals surface area (Å²) in [5, 5.41) is 8.44. The molecule has 0 atom stereocenters. The van der Waals surface area contributed by atoms with Crippen LogP contribution in [0.5, 0.6) is 0 Å². The molecule has 160 valence electrons. The minimum absolute atomic E-state index is 0.0976. The minimum Gasteiger partial charge on any atom is -0.467 e. The van der Waals surface area contributed by atoms with E-state index < -0.39 is 5.97 Å². The molecular formula is C23H23N3O5. The molecule has 0 unspecified atom stereocenters. The molecule has 0 saturated heterocycles. The van der Waals surface area contributed by atoms with Crippen molar-refractivity contribution in [2.24, 2.45) is 0 Å². The zero-order chi connectivity index (χ0) is 22.1. The maximum atomic E-state index is 12.5. The summed E-state index contributed by atoms with van der Waals surface area (Å²) in [6.07, 6.45) is 1.54. The van der Waals surface area contributed by atoms with Gasteiger partial charge >= 0.3 is 5.97 Å². The average Bonchev–Trinajstić information content (AvgIpc) is 3.30. The fourth-order valence-electron chi connectivity index (χ4n) is 2.86. The van der Waals surface area contributed by atoms with Gasteiger partial charge in [0.1, 0.15) is 5.76 Å². The van der Waals surface area contributed by atoms with Crippen LogP contribution in [0.15, 0.2) is 71.3 Å². The third-order valence-electron chi connectivity index (χ3n) is 4.31. The Morgan fingerprint density at radius 3 is 2.32 bits per heavy atom. The fourth-order valence-corrected chi connectivity index (χ4v) is 2.86. The summed E-state index contributed by atoms with van der Waals surface area (Å²) in [6, 6.07) is 17.0. The van der Waals surface area contributed by atoms with Crippen LogP contribution >= 0.6 is 0 Å². The molecule has 0 spiro atoms. The number of ether oxygens (including phenoxy) is 1. The topological polar surface area (TPSA) is 110 Å². The SMILES string of the molecule is CCOC(=O)c1ccccc1NC(=O)CNc1ccccc1C(=O)NCc1ccco1.